The normalized spacial score (nSPS) is 11.6. The molecule has 8 heteroatoms. The van der Waals surface area contributed by atoms with Gasteiger partial charge in [0.05, 0.1) is 34.0 Å². The van der Waals surface area contributed by atoms with Crippen molar-refractivity contribution in [2.75, 3.05) is 0 Å². The number of nitrogens with zero attached hydrogens (tertiary/aromatic N) is 6. The van der Waals surface area contributed by atoms with Crippen LogP contribution >= 0.6 is 11.3 Å². The second kappa shape index (κ2) is 27.0. The van der Waals surface area contributed by atoms with Gasteiger partial charge >= 0.3 is 0 Å². The summed E-state index contributed by atoms with van der Waals surface area (Å²) in [5.41, 5.74) is 19.9. The van der Waals surface area contributed by atoms with E-state index in [4.69, 9.17) is 4.42 Å². The molecule has 0 bridgehead atoms. The molecule has 13 aromatic carbocycles. The maximum absolute atomic E-state index is 5.61. The van der Waals surface area contributed by atoms with Crippen LogP contribution < -0.4 is 18.3 Å². The van der Waals surface area contributed by atoms with Gasteiger partial charge in [0.15, 0.2) is 24.8 Å². The van der Waals surface area contributed by atoms with Crippen molar-refractivity contribution in [3.8, 4) is 50.7 Å². The van der Waals surface area contributed by atoms with Gasteiger partial charge in [0, 0.05) is 103 Å². The number of aryl methyl sites for hydroxylation is 9. The van der Waals surface area contributed by atoms with Crippen molar-refractivity contribution in [1.82, 2.24) is 9.13 Å². The average Bonchev–Trinajstić information content (AvgIpc) is 1.66. The van der Waals surface area contributed by atoms with E-state index in [1.54, 1.807) is 17.6 Å². The summed E-state index contributed by atoms with van der Waals surface area (Å²) >= 11 is 1.81. The van der Waals surface area contributed by atoms with Crippen LogP contribution in [0.1, 0.15) is 22.3 Å². The number of fused-ring (bicyclic) bond motifs is 12. The molecule has 0 fully saturated rings. The molecule has 0 aliphatic carbocycles. The fraction of sp³-hybridized carbons (Fsp3) is 0.0909. The Balaban J connectivity index is 0.000000101. The summed E-state index contributed by atoms with van der Waals surface area (Å²) in [5.74, 6) is 0. The first-order valence-corrected chi connectivity index (χ1v) is 37.5. The van der Waals surface area contributed by atoms with Crippen LogP contribution in [0.15, 0.2) is 326 Å². The average molecular weight is 1400 g/mol. The van der Waals surface area contributed by atoms with E-state index in [1.807, 2.05) is 6.07 Å². The first-order valence-electron chi connectivity index (χ1n) is 36.7. The van der Waals surface area contributed by atoms with E-state index in [-0.39, 0.29) is 0 Å². The third-order valence-electron chi connectivity index (χ3n) is 21.9. The fourth-order valence-electron chi connectivity index (χ4n) is 16.4. The van der Waals surface area contributed by atoms with Gasteiger partial charge in [0.1, 0.15) is 33.8 Å². The lowest BCUT2D eigenvalue weighted by Gasteiger charge is -2.10. The van der Waals surface area contributed by atoms with Gasteiger partial charge in [-0.1, -0.05) is 140 Å². The van der Waals surface area contributed by atoms with Crippen molar-refractivity contribution < 1.29 is 22.7 Å². The number of furan rings is 1. The molecule has 0 saturated carbocycles. The topological polar surface area (TPSA) is 38.5 Å². The third-order valence-corrected chi connectivity index (χ3v) is 22.8. The van der Waals surface area contributed by atoms with Crippen LogP contribution in [0.5, 0.6) is 0 Å². The van der Waals surface area contributed by atoms with Gasteiger partial charge < -0.3 is 13.6 Å². The molecule has 0 radical (unpaired) electrons. The minimum atomic E-state index is 0.930. The van der Waals surface area contributed by atoms with Gasteiger partial charge in [-0.3, -0.25) is 0 Å². The molecule has 0 amide bonds. The van der Waals surface area contributed by atoms with E-state index in [0.717, 1.165) is 11.0 Å². The molecular weight excluding hydrogens is 1320 g/mol. The first kappa shape index (κ1) is 66.1. The molecule has 514 valence electrons. The minimum absolute atomic E-state index is 0.930. The Kier molecular flexibility index (Phi) is 16.7. The van der Waals surface area contributed by atoms with Crippen molar-refractivity contribution in [3.05, 3.63) is 344 Å². The Morgan fingerprint density at radius 2 is 0.636 bits per heavy atom. The Bertz CT molecular complexity index is 6930. The number of para-hydroxylation sites is 1. The number of rotatable bonds is 5. The van der Waals surface area contributed by atoms with Crippen LogP contribution in [0.4, 0.5) is 0 Å². The fourth-order valence-corrected chi connectivity index (χ4v) is 17.2. The van der Waals surface area contributed by atoms with E-state index < -0.39 is 0 Å². The van der Waals surface area contributed by atoms with Gasteiger partial charge in [0.2, 0.25) is 22.8 Å². The molecule has 0 aliphatic heterocycles. The standard InChI is InChI=1S/C29H23N2.C24H21N2.C23H18NO.C23H18NS/c1-20-12-13-27-26(14-15-31(27)25-10-4-3-5-11-25)29(20)28-18-23-16-21-8-6-7-9-22(21)17-24(23)19-30(28)2;1-16-8-9-22-21(10-11-25(22)2)24(16)23-14-19-12-17-6-4-5-7-18(17)13-20(19)15-26(23)3;2*1-15-7-8-22-20(9-10-25-22)23(15)21-13-18-11-16-5-3-4-6-17(16)12-19(18)14-24(21)2/h3-19H,1-2H3;4-15H,1-3H3;2*3-14H,1-2H3/q4*+1. The number of hydrogen-bond donors (Lipinski definition) is 0. The summed E-state index contributed by atoms with van der Waals surface area (Å²) in [6.07, 6.45) is 15.1. The smallest absolute Gasteiger partial charge is 0.213 e. The molecule has 8 aromatic heterocycles. The molecule has 107 heavy (non-hydrogen) atoms. The number of pyridine rings is 4. The Labute approximate surface area is 625 Å². The number of aromatic nitrogens is 6. The largest absolute Gasteiger partial charge is 0.464 e. The summed E-state index contributed by atoms with van der Waals surface area (Å²) in [4.78, 5) is 0. The first-order chi connectivity index (χ1) is 52.2. The molecule has 21 aromatic rings. The van der Waals surface area contributed by atoms with Crippen molar-refractivity contribution in [2.24, 2.45) is 35.2 Å². The Morgan fingerprint density at radius 1 is 0.290 bits per heavy atom. The lowest BCUT2D eigenvalue weighted by Crippen LogP contribution is -2.30. The summed E-state index contributed by atoms with van der Waals surface area (Å²) in [5, 5.41) is 27.7. The van der Waals surface area contributed by atoms with E-state index >= 15 is 0 Å². The van der Waals surface area contributed by atoms with E-state index in [1.165, 1.54) is 191 Å². The van der Waals surface area contributed by atoms with Gasteiger partial charge in [-0.05, 0) is 229 Å². The van der Waals surface area contributed by atoms with Crippen molar-refractivity contribution >= 4 is 140 Å². The van der Waals surface area contributed by atoms with E-state index in [9.17, 15) is 0 Å². The van der Waals surface area contributed by atoms with Crippen LogP contribution in [-0.2, 0) is 35.2 Å². The molecule has 0 aliphatic rings. The molecule has 0 unspecified atom stereocenters. The van der Waals surface area contributed by atoms with Gasteiger partial charge in [-0.25, -0.2) is 18.3 Å². The van der Waals surface area contributed by atoms with Crippen LogP contribution in [0.2, 0.25) is 0 Å². The minimum Gasteiger partial charge on any atom is -0.464 e. The molecular formula is C99H80N6OS+4. The SMILES string of the molecule is Cc1ccc2c(ccn2-c2ccccc2)c1-c1cc2cc3ccccc3cc2c[n+]1C.Cc1ccc2c(ccn2C)c1-c1cc2cc3ccccc3cc2c[n+]1C.Cc1ccc2occc2c1-c1cc2cc3ccccc3cc2c[n+]1C.Cc1ccc2sccc2c1-c1cc2cc3ccccc3cc2c[n+]1C. The van der Waals surface area contributed by atoms with Crippen LogP contribution in [-0.4, -0.2) is 9.13 Å². The highest BCUT2D eigenvalue weighted by molar-refractivity contribution is 7.17. The monoisotopic (exact) mass is 1400 g/mol. The van der Waals surface area contributed by atoms with Gasteiger partial charge in [-0.2, -0.15) is 0 Å². The van der Waals surface area contributed by atoms with Crippen LogP contribution in [0.25, 0.3) is 180 Å². The van der Waals surface area contributed by atoms with Crippen molar-refractivity contribution in [3.63, 3.8) is 0 Å². The molecule has 0 atom stereocenters. The zero-order valence-corrected chi connectivity index (χ0v) is 62.4. The summed E-state index contributed by atoms with van der Waals surface area (Å²) < 4.78 is 20.4. The predicted octanol–water partition coefficient (Wildman–Crippen LogP) is 23.6. The highest BCUT2D eigenvalue weighted by atomic mass is 32.1. The molecule has 0 spiro atoms. The second-order valence-corrected chi connectivity index (χ2v) is 29.8. The maximum atomic E-state index is 5.61. The summed E-state index contributed by atoms with van der Waals surface area (Å²) in [7, 11) is 10.7. The third kappa shape index (κ3) is 12.1. The maximum Gasteiger partial charge on any atom is 0.213 e. The van der Waals surface area contributed by atoms with E-state index in [2.05, 4.69) is 400 Å². The quantitative estimate of drug-likeness (QED) is 0.125. The second-order valence-electron chi connectivity index (χ2n) is 28.9. The zero-order chi connectivity index (χ0) is 72.7. The van der Waals surface area contributed by atoms with Gasteiger partial charge in [0.25, 0.3) is 0 Å². The molecule has 0 saturated heterocycles. The predicted molar refractivity (Wildman–Crippen MR) is 450 cm³/mol. The number of hydrogen-bond acceptors (Lipinski definition) is 2. The van der Waals surface area contributed by atoms with Crippen LogP contribution in [0.3, 0.4) is 0 Å². The highest BCUT2D eigenvalue weighted by Crippen LogP contribution is 2.39. The van der Waals surface area contributed by atoms with Gasteiger partial charge in [-0.15, -0.1) is 11.3 Å². The summed E-state index contributed by atoms with van der Waals surface area (Å²) in [6, 6.07) is 98.7. The number of thiophene rings is 1. The lowest BCUT2D eigenvalue weighted by atomic mass is 9.97. The zero-order valence-electron chi connectivity index (χ0n) is 61.6. The summed E-state index contributed by atoms with van der Waals surface area (Å²) in [6.45, 7) is 8.77. The Hall–Kier alpha value is -12.9. The highest BCUT2D eigenvalue weighted by Gasteiger charge is 2.24. The van der Waals surface area contributed by atoms with Crippen LogP contribution in [0, 0.1) is 27.7 Å². The van der Waals surface area contributed by atoms with E-state index in [0.29, 0.717) is 0 Å². The van der Waals surface area contributed by atoms with Crippen molar-refractivity contribution in [1.29, 1.82) is 0 Å². The lowest BCUT2D eigenvalue weighted by molar-refractivity contribution is -0.659. The number of benzene rings is 13. The molecule has 8 heterocycles. The Morgan fingerprint density at radius 3 is 1.07 bits per heavy atom. The molecule has 21 rings (SSSR count). The molecule has 0 N–H and O–H groups in total. The van der Waals surface area contributed by atoms with Crippen molar-refractivity contribution in [2.45, 2.75) is 27.7 Å². The molecule has 7 nitrogen and oxygen atoms in total.